The SMILES string of the molecule is C=CCc1cn(C2OC(COC(=O)c3ccc(Cl)cc3)C(OC(=O)c3ccc(Cl)cc3)C2O)c(=O)[nH]c1=O. The van der Waals surface area contributed by atoms with Crippen LogP contribution >= 0.6 is 23.2 Å². The predicted molar refractivity (Wildman–Crippen MR) is 138 cm³/mol. The van der Waals surface area contributed by atoms with E-state index in [-0.39, 0.29) is 23.1 Å². The number of nitrogens with zero attached hydrogens (tertiary/aromatic N) is 1. The standard InChI is InChI=1S/C26H22Cl2N2O8/c1-2-3-16-12-30(26(35)29-22(16)32)23-20(31)21(38-25(34)15-6-10-18(28)11-7-15)19(37-23)13-36-24(33)14-4-8-17(27)9-5-14/h2,4-12,19-21,23,31H,1,3,13H2,(H,29,32,35). The molecule has 2 heterocycles. The highest BCUT2D eigenvalue weighted by Gasteiger charge is 2.48. The molecule has 1 saturated heterocycles. The number of esters is 2. The molecule has 0 aliphatic carbocycles. The molecular weight excluding hydrogens is 539 g/mol. The van der Waals surface area contributed by atoms with Gasteiger partial charge >= 0.3 is 17.6 Å². The van der Waals surface area contributed by atoms with Crippen LogP contribution in [0.2, 0.25) is 10.0 Å². The number of nitrogens with one attached hydrogen (secondary N) is 1. The Morgan fingerprint density at radius 1 is 1.03 bits per heavy atom. The fourth-order valence-electron chi connectivity index (χ4n) is 3.85. The van der Waals surface area contributed by atoms with Crippen LogP contribution in [0.25, 0.3) is 0 Å². The third-order valence-electron chi connectivity index (χ3n) is 5.77. The largest absolute Gasteiger partial charge is 0.459 e. The van der Waals surface area contributed by atoms with E-state index in [1.807, 2.05) is 0 Å². The first-order chi connectivity index (χ1) is 18.2. The minimum atomic E-state index is -1.56. The van der Waals surface area contributed by atoms with Gasteiger partial charge in [0.15, 0.2) is 12.3 Å². The molecule has 0 amide bonds. The van der Waals surface area contributed by atoms with Crippen LogP contribution in [0.4, 0.5) is 0 Å². The maximum Gasteiger partial charge on any atom is 0.338 e. The Labute approximate surface area is 226 Å². The molecule has 2 aromatic carbocycles. The van der Waals surface area contributed by atoms with Gasteiger partial charge in [-0.25, -0.2) is 14.4 Å². The molecule has 0 saturated carbocycles. The molecule has 4 unspecified atom stereocenters. The van der Waals surface area contributed by atoms with Gasteiger partial charge in [0.1, 0.15) is 18.8 Å². The van der Waals surface area contributed by atoms with E-state index in [1.54, 1.807) is 0 Å². The van der Waals surface area contributed by atoms with Crippen molar-refractivity contribution in [3.63, 3.8) is 0 Å². The minimum Gasteiger partial charge on any atom is -0.459 e. The normalized spacial score (nSPS) is 20.6. The number of benzene rings is 2. The van der Waals surface area contributed by atoms with Crippen LogP contribution in [-0.4, -0.2) is 51.5 Å². The van der Waals surface area contributed by atoms with Crippen molar-refractivity contribution in [2.45, 2.75) is 31.0 Å². The third kappa shape index (κ3) is 6.05. The third-order valence-corrected chi connectivity index (χ3v) is 6.27. The van der Waals surface area contributed by atoms with Crippen molar-refractivity contribution in [2.75, 3.05) is 6.61 Å². The maximum atomic E-state index is 12.8. The summed E-state index contributed by atoms with van der Waals surface area (Å²) in [5, 5.41) is 11.9. The number of allylic oxidation sites excluding steroid dienone is 1. The summed E-state index contributed by atoms with van der Waals surface area (Å²) >= 11 is 11.7. The molecule has 12 heteroatoms. The molecule has 0 radical (unpaired) electrons. The Morgan fingerprint density at radius 3 is 2.18 bits per heavy atom. The van der Waals surface area contributed by atoms with E-state index in [9.17, 15) is 24.3 Å². The lowest BCUT2D eigenvalue weighted by molar-refractivity contribution is -0.0615. The van der Waals surface area contributed by atoms with Crippen LogP contribution < -0.4 is 11.2 Å². The zero-order valence-electron chi connectivity index (χ0n) is 19.7. The summed E-state index contributed by atoms with van der Waals surface area (Å²) in [6.45, 7) is 3.16. The highest BCUT2D eigenvalue weighted by molar-refractivity contribution is 6.31. The van der Waals surface area contributed by atoms with E-state index in [1.165, 1.54) is 60.8 Å². The molecule has 2 N–H and O–H groups in total. The number of ether oxygens (including phenoxy) is 3. The van der Waals surface area contributed by atoms with Gasteiger partial charge in [-0.1, -0.05) is 29.3 Å². The van der Waals surface area contributed by atoms with Crippen molar-refractivity contribution < 1.29 is 28.9 Å². The van der Waals surface area contributed by atoms with Gasteiger partial charge in [-0.3, -0.25) is 14.3 Å². The van der Waals surface area contributed by atoms with Crippen LogP contribution in [-0.2, 0) is 20.6 Å². The summed E-state index contributed by atoms with van der Waals surface area (Å²) in [7, 11) is 0. The van der Waals surface area contributed by atoms with Crippen LogP contribution in [0.1, 0.15) is 32.5 Å². The minimum absolute atomic E-state index is 0.148. The van der Waals surface area contributed by atoms with Crippen molar-refractivity contribution in [3.8, 4) is 0 Å². The van der Waals surface area contributed by atoms with E-state index in [0.717, 1.165) is 4.57 Å². The molecule has 0 spiro atoms. The molecule has 1 fully saturated rings. The molecule has 1 aliphatic rings. The number of carbonyl (C=O) groups excluding carboxylic acids is 2. The van der Waals surface area contributed by atoms with Crippen molar-refractivity contribution in [1.82, 2.24) is 9.55 Å². The Hall–Kier alpha value is -3.70. The predicted octanol–water partition coefficient (Wildman–Crippen LogP) is 2.91. The highest BCUT2D eigenvalue weighted by atomic mass is 35.5. The van der Waals surface area contributed by atoms with Gasteiger partial charge in [0.25, 0.3) is 5.56 Å². The number of aromatic amines is 1. The van der Waals surface area contributed by atoms with Crippen LogP contribution in [0, 0.1) is 0 Å². The molecule has 1 aromatic heterocycles. The smallest absolute Gasteiger partial charge is 0.338 e. The first kappa shape index (κ1) is 27.3. The number of hydrogen-bond donors (Lipinski definition) is 2. The lowest BCUT2D eigenvalue weighted by Gasteiger charge is -2.21. The van der Waals surface area contributed by atoms with E-state index >= 15 is 0 Å². The molecule has 38 heavy (non-hydrogen) atoms. The zero-order valence-corrected chi connectivity index (χ0v) is 21.2. The van der Waals surface area contributed by atoms with E-state index in [4.69, 9.17) is 37.4 Å². The molecule has 10 nitrogen and oxygen atoms in total. The highest BCUT2D eigenvalue weighted by Crippen LogP contribution is 2.32. The number of H-pyrrole nitrogens is 1. The van der Waals surface area contributed by atoms with Gasteiger partial charge in [-0.2, -0.15) is 0 Å². The second kappa shape index (κ2) is 11.8. The van der Waals surface area contributed by atoms with E-state index in [2.05, 4.69) is 11.6 Å². The van der Waals surface area contributed by atoms with Gasteiger partial charge < -0.3 is 19.3 Å². The lowest BCUT2D eigenvalue weighted by Crippen LogP contribution is -2.41. The van der Waals surface area contributed by atoms with Gasteiger partial charge in [0, 0.05) is 21.8 Å². The Kier molecular flexibility index (Phi) is 8.48. The van der Waals surface area contributed by atoms with Crippen LogP contribution in [0.3, 0.4) is 0 Å². The number of rotatable bonds is 8. The molecular formula is C26H22Cl2N2O8. The topological polar surface area (TPSA) is 137 Å². The summed E-state index contributed by atoms with van der Waals surface area (Å²) in [6.07, 6.45) is -2.59. The van der Waals surface area contributed by atoms with Gasteiger partial charge in [-0.15, -0.1) is 6.58 Å². The molecule has 1 aliphatic heterocycles. The number of carbonyl (C=O) groups is 2. The van der Waals surface area contributed by atoms with E-state index in [0.29, 0.717) is 10.0 Å². The first-order valence-corrected chi connectivity index (χ1v) is 12.1. The van der Waals surface area contributed by atoms with Crippen LogP contribution in [0.5, 0.6) is 0 Å². The first-order valence-electron chi connectivity index (χ1n) is 11.4. The van der Waals surface area contributed by atoms with Crippen molar-refractivity contribution in [2.24, 2.45) is 0 Å². The number of aromatic nitrogens is 2. The van der Waals surface area contributed by atoms with Crippen molar-refractivity contribution >= 4 is 35.1 Å². The van der Waals surface area contributed by atoms with Crippen LogP contribution in [0.15, 0.2) is 77.0 Å². The molecule has 4 atom stereocenters. The van der Waals surface area contributed by atoms with E-state index < -0.39 is 54.3 Å². The van der Waals surface area contributed by atoms with Gasteiger partial charge in [0.05, 0.1) is 11.1 Å². The van der Waals surface area contributed by atoms with Gasteiger partial charge in [-0.05, 0) is 55.0 Å². The summed E-state index contributed by atoms with van der Waals surface area (Å²) in [5.74, 6) is -1.51. The summed E-state index contributed by atoms with van der Waals surface area (Å²) in [5.41, 5.74) is -0.907. The fourth-order valence-corrected chi connectivity index (χ4v) is 4.10. The molecule has 0 bridgehead atoms. The lowest BCUT2D eigenvalue weighted by atomic mass is 10.1. The Balaban J connectivity index is 1.60. The quantitative estimate of drug-likeness (QED) is 0.317. The van der Waals surface area contributed by atoms with Gasteiger partial charge in [0.2, 0.25) is 0 Å². The Bertz CT molecular complexity index is 1450. The number of hydrogen-bond acceptors (Lipinski definition) is 8. The second-order valence-corrected chi connectivity index (χ2v) is 9.22. The zero-order chi connectivity index (χ0) is 27.4. The number of halogens is 2. The molecule has 3 aromatic rings. The molecule has 4 rings (SSSR count). The Morgan fingerprint density at radius 2 is 1.61 bits per heavy atom. The summed E-state index contributed by atoms with van der Waals surface area (Å²) < 4.78 is 17.7. The average Bonchev–Trinajstić information content (AvgIpc) is 3.19. The number of aliphatic hydroxyl groups excluding tert-OH is 1. The summed E-state index contributed by atoms with van der Waals surface area (Å²) in [4.78, 5) is 52.2. The second-order valence-electron chi connectivity index (χ2n) is 8.35. The van der Waals surface area contributed by atoms with Crippen molar-refractivity contribution in [1.29, 1.82) is 0 Å². The monoisotopic (exact) mass is 560 g/mol. The summed E-state index contributed by atoms with van der Waals surface area (Å²) in [6, 6.07) is 11.8. The fraction of sp³-hybridized carbons (Fsp3) is 0.231. The molecule has 198 valence electrons. The maximum absolute atomic E-state index is 12.8. The van der Waals surface area contributed by atoms with Crippen molar-refractivity contribution in [3.05, 3.63) is 115 Å². The average molecular weight is 561 g/mol. The number of aliphatic hydroxyl groups is 1.